The predicted molar refractivity (Wildman–Crippen MR) is 151 cm³/mol. The van der Waals surface area contributed by atoms with Crippen LogP contribution in [0.4, 0.5) is 0 Å². The van der Waals surface area contributed by atoms with Crippen LogP contribution in [0.15, 0.2) is 133 Å². The molecule has 0 radical (unpaired) electrons. The van der Waals surface area contributed by atoms with Crippen LogP contribution >= 0.6 is 18.9 Å². The van der Waals surface area contributed by atoms with E-state index in [1.807, 2.05) is 24.3 Å². The minimum atomic E-state index is -2.34. The number of halogens is 1. The number of hydrogen-bond acceptors (Lipinski definition) is 1. The van der Waals surface area contributed by atoms with Crippen molar-refractivity contribution < 1.29 is 5.11 Å². The van der Waals surface area contributed by atoms with E-state index in [1.165, 1.54) is 26.8 Å². The van der Waals surface area contributed by atoms with Crippen LogP contribution in [0.3, 0.4) is 0 Å². The van der Waals surface area contributed by atoms with Crippen LogP contribution in [0.1, 0.15) is 22.8 Å². The molecular formula is C32H27ClOP+. The van der Waals surface area contributed by atoms with E-state index in [1.54, 1.807) is 0 Å². The van der Waals surface area contributed by atoms with Crippen molar-refractivity contribution >= 4 is 40.1 Å². The average molecular weight is 494 g/mol. The van der Waals surface area contributed by atoms with Crippen LogP contribution in [0, 0.1) is 6.92 Å². The summed E-state index contributed by atoms with van der Waals surface area (Å²) in [6.45, 7) is 2.12. The molecule has 5 rings (SSSR count). The van der Waals surface area contributed by atoms with Crippen molar-refractivity contribution in [3.8, 4) is 0 Å². The van der Waals surface area contributed by atoms with E-state index in [2.05, 4.69) is 116 Å². The molecule has 0 aliphatic carbocycles. The lowest BCUT2D eigenvalue weighted by molar-refractivity contribution is 0.221. The highest BCUT2D eigenvalue weighted by Gasteiger charge is 2.49. The monoisotopic (exact) mass is 493 g/mol. The van der Waals surface area contributed by atoms with Crippen molar-refractivity contribution in [2.45, 2.75) is 13.0 Å². The first-order chi connectivity index (χ1) is 17.1. The first-order valence-electron chi connectivity index (χ1n) is 11.7. The minimum absolute atomic E-state index is 0.657. The van der Waals surface area contributed by atoms with Crippen LogP contribution < -0.4 is 21.2 Å². The molecule has 0 aromatic heterocycles. The van der Waals surface area contributed by atoms with Crippen LogP contribution in [-0.4, -0.2) is 5.11 Å². The number of aryl methyl sites for hydroxylation is 1. The van der Waals surface area contributed by atoms with Gasteiger partial charge in [0.2, 0.25) is 0 Å². The van der Waals surface area contributed by atoms with E-state index in [-0.39, 0.29) is 0 Å². The Morgan fingerprint density at radius 3 is 1.51 bits per heavy atom. The van der Waals surface area contributed by atoms with Gasteiger partial charge in [0, 0.05) is 10.6 Å². The summed E-state index contributed by atoms with van der Waals surface area (Å²) in [4.78, 5) is 0. The van der Waals surface area contributed by atoms with Gasteiger partial charge in [0.05, 0.1) is 0 Å². The Balaban J connectivity index is 1.89. The van der Waals surface area contributed by atoms with Gasteiger partial charge in [-0.2, -0.15) is 0 Å². The van der Waals surface area contributed by atoms with Crippen LogP contribution in [0.5, 0.6) is 0 Å². The third-order valence-electron chi connectivity index (χ3n) is 6.46. The third kappa shape index (κ3) is 4.44. The Hall–Kier alpha value is -3.22. The molecule has 0 spiro atoms. The van der Waals surface area contributed by atoms with E-state index in [4.69, 9.17) is 11.6 Å². The molecule has 0 bridgehead atoms. The van der Waals surface area contributed by atoms with Crippen molar-refractivity contribution in [2.24, 2.45) is 0 Å². The number of aliphatic hydroxyl groups is 1. The molecule has 0 heterocycles. The normalized spacial score (nSPS) is 12.3. The Kier molecular flexibility index (Phi) is 6.84. The van der Waals surface area contributed by atoms with E-state index < -0.39 is 13.4 Å². The third-order valence-corrected chi connectivity index (χ3v) is 11.0. The zero-order valence-electron chi connectivity index (χ0n) is 19.6. The summed E-state index contributed by atoms with van der Waals surface area (Å²) in [7, 11) is -2.34. The zero-order valence-corrected chi connectivity index (χ0v) is 21.2. The Morgan fingerprint density at radius 2 is 1.06 bits per heavy atom. The SMILES string of the molecule is Cc1ccc(C(O)c2ccc(Cl)cc2)c([P+](c2ccccc2)(c2ccccc2)c2ccccc2)c1. The second-order valence-electron chi connectivity index (χ2n) is 8.69. The first-order valence-corrected chi connectivity index (χ1v) is 13.9. The van der Waals surface area contributed by atoms with Gasteiger partial charge in [-0.25, -0.2) is 0 Å². The molecule has 1 N–H and O–H groups in total. The summed E-state index contributed by atoms with van der Waals surface area (Å²) >= 11 is 6.15. The molecule has 172 valence electrons. The number of rotatable bonds is 6. The first kappa shape index (κ1) is 23.5. The summed E-state index contributed by atoms with van der Waals surface area (Å²) in [5.41, 5.74) is 2.91. The fourth-order valence-corrected chi connectivity index (χ4v) is 9.51. The number of benzene rings is 5. The summed E-state index contributed by atoms with van der Waals surface area (Å²) in [5.74, 6) is 0. The van der Waals surface area contributed by atoms with Gasteiger partial charge in [0.1, 0.15) is 34.6 Å². The molecule has 0 saturated heterocycles. The molecule has 0 fully saturated rings. The summed E-state index contributed by atoms with van der Waals surface area (Å²) < 4.78 is 0. The van der Waals surface area contributed by atoms with Crippen molar-refractivity contribution in [1.82, 2.24) is 0 Å². The van der Waals surface area contributed by atoms with E-state index in [9.17, 15) is 5.11 Å². The van der Waals surface area contributed by atoms with Gasteiger partial charge < -0.3 is 5.11 Å². The van der Waals surface area contributed by atoms with Gasteiger partial charge in [-0.1, -0.05) is 90.5 Å². The fourth-order valence-electron chi connectivity index (χ4n) is 4.82. The lowest BCUT2D eigenvalue weighted by atomic mass is 10.0. The minimum Gasteiger partial charge on any atom is -0.384 e. The molecular weight excluding hydrogens is 467 g/mol. The van der Waals surface area contributed by atoms with Crippen LogP contribution in [0.25, 0.3) is 0 Å². The maximum absolute atomic E-state index is 11.7. The standard InChI is InChI=1S/C32H27ClOP/c1-24-17-22-30(32(34)25-18-20-26(33)21-19-25)31(23-24)35(27-11-5-2-6-12-27,28-13-7-3-8-14-28)29-15-9-4-10-16-29/h2-23,32,34H,1H3/q+1. The molecule has 0 aliphatic rings. The smallest absolute Gasteiger partial charge is 0.144 e. The van der Waals surface area contributed by atoms with Crippen LogP contribution in [-0.2, 0) is 0 Å². The highest BCUT2D eigenvalue weighted by Crippen LogP contribution is 2.55. The predicted octanol–water partition coefficient (Wildman–Crippen LogP) is 6.35. The highest BCUT2D eigenvalue weighted by molar-refractivity contribution is 8.01. The lowest BCUT2D eigenvalue weighted by Gasteiger charge is -2.30. The number of aliphatic hydroxyl groups excluding tert-OH is 1. The second-order valence-corrected chi connectivity index (χ2v) is 12.5. The summed E-state index contributed by atoms with van der Waals surface area (Å²) in [6, 6.07) is 46.2. The molecule has 5 aromatic carbocycles. The van der Waals surface area contributed by atoms with Gasteiger partial charge in [-0.15, -0.1) is 0 Å². The summed E-state index contributed by atoms with van der Waals surface area (Å²) in [6.07, 6.45) is -0.779. The topological polar surface area (TPSA) is 20.2 Å². The molecule has 0 amide bonds. The van der Waals surface area contributed by atoms with Crippen molar-refractivity contribution in [2.75, 3.05) is 0 Å². The van der Waals surface area contributed by atoms with Crippen molar-refractivity contribution in [1.29, 1.82) is 0 Å². The van der Waals surface area contributed by atoms with E-state index in [0.717, 1.165) is 11.1 Å². The highest BCUT2D eigenvalue weighted by atomic mass is 35.5. The molecule has 5 aromatic rings. The maximum atomic E-state index is 11.7. The van der Waals surface area contributed by atoms with Gasteiger partial charge in [-0.05, 0) is 72.6 Å². The molecule has 0 saturated carbocycles. The molecule has 3 heteroatoms. The lowest BCUT2D eigenvalue weighted by Crippen LogP contribution is -2.40. The van der Waals surface area contributed by atoms with Gasteiger partial charge in [0.15, 0.2) is 0 Å². The summed E-state index contributed by atoms with van der Waals surface area (Å²) in [5, 5.41) is 17.3. The second kappa shape index (κ2) is 10.2. The number of hydrogen-bond donors (Lipinski definition) is 1. The molecule has 1 unspecified atom stereocenters. The van der Waals surface area contributed by atoms with Crippen LogP contribution in [0.2, 0.25) is 5.02 Å². The van der Waals surface area contributed by atoms with Gasteiger partial charge >= 0.3 is 0 Å². The molecule has 0 aliphatic heterocycles. The zero-order chi connectivity index (χ0) is 24.3. The maximum Gasteiger partial charge on any atom is 0.144 e. The molecule has 1 atom stereocenters. The average Bonchev–Trinajstić information content (AvgIpc) is 2.91. The Morgan fingerprint density at radius 1 is 0.600 bits per heavy atom. The Labute approximate surface area is 213 Å². The van der Waals surface area contributed by atoms with E-state index >= 15 is 0 Å². The van der Waals surface area contributed by atoms with Crippen molar-refractivity contribution in [3.05, 3.63) is 155 Å². The largest absolute Gasteiger partial charge is 0.384 e. The quantitative estimate of drug-likeness (QED) is 0.273. The van der Waals surface area contributed by atoms with E-state index in [0.29, 0.717) is 5.02 Å². The molecule has 35 heavy (non-hydrogen) atoms. The van der Waals surface area contributed by atoms with Gasteiger partial charge in [-0.3, -0.25) is 0 Å². The fraction of sp³-hybridized carbons (Fsp3) is 0.0625. The Bertz CT molecular complexity index is 1300. The molecule has 1 nitrogen and oxygen atoms in total. The van der Waals surface area contributed by atoms with Crippen molar-refractivity contribution in [3.63, 3.8) is 0 Å². The van der Waals surface area contributed by atoms with Gasteiger partial charge in [0.25, 0.3) is 0 Å².